The second-order valence-corrected chi connectivity index (χ2v) is 6.25. The van der Waals surface area contributed by atoms with Gasteiger partial charge in [-0.05, 0) is 24.6 Å². The van der Waals surface area contributed by atoms with Crippen LogP contribution < -0.4 is 5.14 Å². The van der Waals surface area contributed by atoms with Gasteiger partial charge in [0.1, 0.15) is 4.91 Å². The number of allylic oxidation sites excluding steroid dienone is 1. The first-order valence-electron chi connectivity index (χ1n) is 6.56. The molecule has 0 saturated heterocycles. The van der Waals surface area contributed by atoms with Crippen molar-refractivity contribution in [2.45, 2.75) is 33.1 Å². The Morgan fingerprint density at radius 2 is 2.15 bits per heavy atom. The molecule has 0 aromatic carbocycles. The third kappa shape index (κ3) is 4.86. The molecule has 110 valence electrons. The minimum atomic E-state index is -4.06. The zero-order chi connectivity index (χ0) is 15.2. The van der Waals surface area contributed by atoms with E-state index in [1.807, 2.05) is 6.92 Å². The Kier molecular flexibility index (Phi) is 6.04. The molecule has 0 fully saturated rings. The van der Waals surface area contributed by atoms with Gasteiger partial charge in [-0.15, -0.1) is 0 Å². The maximum absolute atomic E-state index is 12.2. The van der Waals surface area contributed by atoms with Gasteiger partial charge >= 0.3 is 0 Å². The highest BCUT2D eigenvalue weighted by Crippen LogP contribution is 2.18. The fourth-order valence-corrected chi connectivity index (χ4v) is 2.54. The summed E-state index contributed by atoms with van der Waals surface area (Å²) in [7, 11) is -4.06. The number of aromatic nitrogens is 1. The zero-order valence-electron chi connectivity index (χ0n) is 11.7. The van der Waals surface area contributed by atoms with Gasteiger partial charge in [0.2, 0.25) is 10.0 Å². The highest BCUT2D eigenvalue weighted by Gasteiger charge is 2.25. The molecule has 5 nitrogen and oxygen atoms in total. The van der Waals surface area contributed by atoms with Crippen LogP contribution in [-0.2, 0) is 14.8 Å². The third-order valence-electron chi connectivity index (χ3n) is 2.95. The van der Waals surface area contributed by atoms with Gasteiger partial charge in [0, 0.05) is 12.1 Å². The standard InChI is InChI=1S/C14H20N2O3S/c1-3-4-7-11(2)14(17)13(20(15,18)19)10-12-8-5-6-9-16-12/h5-6,8-11H,3-4,7H2,1-2H3,(H2,15,18,19). The SMILES string of the molecule is CCCCC(C)C(=O)C(=Cc1ccccn1)S(N)(=O)=O. The number of nitrogens with two attached hydrogens (primary N) is 1. The fourth-order valence-electron chi connectivity index (χ4n) is 1.77. The average Bonchev–Trinajstić information content (AvgIpc) is 2.41. The number of unbranched alkanes of at least 4 members (excludes halogenated alkanes) is 1. The van der Waals surface area contributed by atoms with Crippen LogP contribution >= 0.6 is 0 Å². The minimum absolute atomic E-state index is 0.372. The maximum atomic E-state index is 12.2. The van der Waals surface area contributed by atoms with Crippen molar-refractivity contribution in [1.82, 2.24) is 4.98 Å². The van der Waals surface area contributed by atoms with Crippen molar-refractivity contribution in [3.8, 4) is 0 Å². The first-order chi connectivity index (χ1) is 9.36. The molecule has 0 aliphatic rings. The molecule has 0 aliphatic carbocycles. The van der Waals surface area contributed by atoms with Gasteiger partial charge in [0.25, 0.3) is 0 Å². The van der Waals surface area contributed by atoms with Crippen LogP contribution in [0, 0.1) is 5.92 Å². The first kappa shape index (κ1) is 16.5. The second kappa shape index (κ2) is 7.31. The van der Waals surface area contributed by atoms with Gasteiger partial charge in [-0.3, -0.25) is 9.78 Å². The first-order valence-corrected chi connectivity index (χ1v) is 8.10. The van der Waals surface area contributed by atoms with E-state index >= 15 is 0 Å². The minimum Gasteiger partial charge on any atom is -0.293 e. The molecule has 0 saturated carbocycles. The van der Waals surface area contributed by atoms with Crippen molar-refractivity contribution < 1.29 is 13.2 Å². The molecule has 1 unspecified atom stereocenters. The Labute approximate surface area is 120 Å². The van der Waals surface area contributed by atoms with Crippen molar-refractivity contribution in [2.75, 3.05) is 0 Å². The smallest absolute Gasteiger partial charge is 0.241 e. The number of hydrogen-bond acceptors (Lipinski definition) is 4. The number of rotatable bonds is 7. The van der Waals surface area contributed by atoms with Gasteiger partial charge < -0.3 is 0 Å². The number of nitrogens with zero attached hydrogens (tertiary/aromatic N) is 1. The average molecular weight is 296 g/mol. The number of Topliss-reactive ketones (excluding diaryl/α,β-unsaturated/α-hetero) is 1. The molecule has 20 heavy (non-hydrogen) atoms. The molecular formula is C14H20N2O3S. The molecule has 1 aromatic heterocycles. The molecule has 1 aromatic rings. The van der Waals surface area contributed by atoms with E-state index in [2.05, 4.69) is 4.98 Å². The van der Waals surface area contributed by atoms with Crippen LogP contribution in [0.4, 0.5) is 0 Å². The number of hydrogen-bond donors (Lipinski definition) is 1. The van der Waals surface area contributed by atoms with Crippen molar-refractivity contribution in [3.63, 3.8) is 0 Å². The Balaban J connectivity index is 3.09. The number of carbonyl (C=O) groups is 1. The molecule has 0 bridgehead atoms. The van der Waals surface area contributed by atoms with Crippen LogP contribution in [0.1, 0.15) is 38.8 Å². The molecule has 2 N–H and O–H groups in total. The van der Waals surface area contributed by atoms with Gasteiger partial charge in [-0.25, -0.2) is 13.6 Å². The van der Waals surface area contributed by atoms with Crippen LogP contribution in [0.25, 0.3) is 6.08 Å². The van der Waals surface area contributed by atoms with Gasteiger partial charge in [0.05, 0.1) is 5.69 Å². The lowest BCUT2D eigenvalue weighted by atomic mass is 9.99. The summed E-state index contributed by atoms with van der Waals surface area (Å²) in [5.74, 6) is -0.824. The Morgan fingerprint density at radius 3 is 2.65 bits per heavy atom. The lowest BCUT2D eigenvalue weighted by Gasteiger charge is -2.11. The topological polar surface area (TPSA) is 90.1 Å². The summed E-state index contributed by atoms with van der Waals surface area (Å²) in [4.78, 5) is 15.9. The summed E-state index contributed by atoms with van der Waals surface area (Å²) in [5, 5.41) is 5.15. The number of sulfonamides is 1. The molecular weight excluding hydrogens is 276 g/mol. The zero-order valence-corrected chi connectivity index (χ0v) is 12.6. The van der Waals surface area contributed by atoms with Gasteiger partial charge in [0.15, 0.2) is 5.78 Å². The predicted octanol–water partition coefficient (Wildman–Crippen LogP) is 2.11. The highest BCUT2D eigenvalue weighted by atomic mass is 32.2. The van der Waals surface area contributed by atoms with Crippen molar-refractivity contribution in [1.29, 1.82) is 0 Å². The third-order valence-corrected chi connectivity index (χ3v) is 3.89. The summed E-state index contributed by atoms with van der Waals surface area (Å²) in [6.07, 6.45) is 5.22. The predicted molar refractivity (Wildman–Crippen MR) is 79.0 cm³/mol. The van der Waals surface area contributed by atoms with E-state index < -0.39 is 15.8 Å². The molecule has 0 radical (unpaired) electrons. The van der Waals surface area contributed by atoms with Gasteiger partial charge in [-0.2, -0.15) is 0 Å². The van der Waals surface area contributed by atoms with Gasteiger partial charge in [-0.1, -0.05) is 32.8 Å². The quantitative estimate of drug-likeness (QED) is 0.780. The number of pyridine rings is 1. The van der Waals surface area contributed by atoms with E-state index in [4.69, 9.17) is 5.14 Å². The highest BCUT2D eigenvalue weighted by molar-refractivity contribution is 7.94. The number of carbonyl (C=O) groups excluding carboxylic acids is 1. The fraction of sp³-hybridized carbons (Fsp3) is 0.429. The summed E-state index contributed by atoms with van der Waals surface area (Å²) in [5.41, 5.74) is 0.396. The van der Waals surface area contributed by atoms with E-state index in [0.717, 1.165) is 12.8 Å². The van der Waals surface area contributed by atoms with E-state index in [9.17, 15) is 13.2 Å². The van der Waals surface area contributed by atoms with Crippen LogP contribution in [0.2, 0.25) is 0 Å². The lowest BCUT2D eigenvalue weighted by Crippen LogP contribution is -2.25. The Hall–Kier alpha value is -1.53. The normalized spacial score (nSPS) is 14.1. The monoisotopic (exact) mass is 296 g/mol. The lowest BCUT2D eigenvalue weighted by molar-refractivity contribution is -0.118. The van der Waals surface area contributed by atoms with E-state index in [-0.39, 0.29) is 10.8 Å². The van der Waals surface area contributed by atoms with Crippen LogP contribution in [-0.4, -0.2) is 19.2 Å². The van der Waals surface area contributed by atoms with E-state index in [1.165, 1.54) is 12.3 Å². The molecule has 6 heteroatoms. The van der Waals surface area contributed by atoms with Crippen molar-refractivity contribution in [2.24, 2.45) is 11.1 Å². The summed E-state index contributed by atoms with van der Waals surface area (Å²) in [6, 6.07) is 5.04. The second-order valence-electron chi connectivity index (χ2n) is 4.72. The van der Waals surface area contributed by atoms with Crippen LogP contribution in [0.5, 0.6) is 0 Å². The van der Waals surface area contributed by atoms with Crippen LogP contribution in [0.3, 0.4) is 0 Å². The van der Waals surface area contributed by atoms with E-state index in [1.54, 1.807) is 25.1 Å². The van der Waals surface area contributed by atoms with E-state index in [0.29, 0.717) is 12.1 Å². The largest absolute Gasteiger partial charge is 0.293 e. The van der Waals surface area contributed by atoms with Crippen molar-refractivity contribution >= 4 is 21.9 Å². The van der Waals surface area contributed by atoms with Crippen molar-refractivity contribution in [3.05, 3.63) is 35.0 Å². The number of primary sulfonamides is 1. The van der Waals surface area contributed by atoms with Crippen LogP contribution in [0.15, 0.2) is 29.3 Å². The number of ketones is 1. The summed E-state index contributed by atoms with van der Waals surface area (Å²) >= 11 is 0. The molecule has 0 aliphatic heterocycles. The Morgan fingerprint density at radius 1 is 1.45 bits per heavy atom. The molecule has 1 rings (SSSR count). The summed E-state index contributed by atoms with van der Waals surface area (Å²) in [6.45, 7) is 3.73. The molecule has 0 spiro atoms. The Bertz CT molecular complexity index is 580. The maximum Gasteiger partial charge on any atom is 0.241 e. The summed E-state index contributed by atoms with van der Waals surface area (Å²) < 4.78 is 23.2. The molecule has 1 heterocycles. The molecule has 1 atom stereocenters. The molecule has 0 amide bonds.